The second-order valence-electron chi connectivity index (χ2n) is 5.92. The largest absolute Gasteiger partial charge is 0.493 e. The van der Waals surface area contributed by atoms with Crippen LogP contribution in [0.1, 0.15) is 6.42 Å². The van der Waals surface area contributed by atoms with E-state index in [0.717, 1.165) is 18.7 Å². The van der Waals surface area contributed by atoms with Gasteiger partial charge in [-0.15, -0.1) is 0 Å². The third-order valence-corrected chi connectivity index (χ3v) is 4.10. The summed E-state index contributed by atoms with van der Waals surface area (Å²) in [4.78, 5) is 6.12. The normalized spacial score (nSPS) is 11.1. The van der Waals surface area contributed by atoms with Crippen LogP contribution in [-0.2, 0) is 0 Å². The van der Waals surface area contributed by atoms with E-state index in [4.69, 9.17) is 9.47 Å². The molecule has 0 saturated carbocycles. The Bertz CT molecular complexity index is 767. The molecular formula is C20H27FN4O2. The van der Waals surface area contributed by atoms with E-state index >= 15 is 0 Å². The third-order valence-electron chi connectivity index (χ3n) is 4.10. The molecule has 0 bridgehead atoms. The second-order valence-corrected chi connectivity index (χ2v) is 5.92. The van der Waals surface area contributed by atoms with Gasteiger partial charge in [0.15, 0.2) is 17.5 Å². The molecule has 2 rings (SSSR count). The van der Waals surface area contributed by atoms with Gasteiger partial charge < -0.3 is 25.0 Å². The Labute approximate surface area is 160 Å². The molecule has 0 aliphatic carbocycles. The van der Waals surface area contributed by atoms with E-state index in [-0.39, 0.29) is 5.82 Å². The van der Waals surface area contributed by atoms with Gasteiger partial charge >= 0.3 is 0 Å². The summed E-state index contributed by atoms with van der Waals surface area (Å²) in [6, 6.07) is 12.3. The first kappa shape index (κ1) is 20.4. The van der Waals surface area contributed by atoms with Crippen LogP contribution in [0.25, 0.3) is 0 Å². The number of benzene rings is 2. The molecule has 2 N–H and O–H groups in total. The molecule has 0 spiro atoms. The summed E-state index contributed by atoms with van der Waals surface area (Å²) in [6.07, 6.45) is 0.831. The Balaban J connectivity index is 1.83. The Morgan fingerprint density at radius 3 is 2.52 bits per heavy atom. The van der Waals surface area contributed by atoms with Gasteiger partial charge in [-0.3, -0.25) is 4.99 Å². The molecule has 0 heterocycles. The van der Waals surface area contributed by atoms with Crippen LogP contribution >= 0.6 is 0 Å². The fourth-order valence-corrected chi connectivity index (χ4v) is 2.63. The van der Waals surface area contributed by atoms with Crippen molar-refractivity contribution in [1.29, 1.82) is 0 Å². The van der Waals surface area contributed by atoms with Crippen molar-refractivity contribution in [3.8, 4) is 11.5 Å². The van der Waals surface area contributed by atoms with Crippen molar-refractivity contribution in [2.45, 2.75) is 6.42 Å². The number of hydrogen-bond acceptors (Lipinski definition) is 4. The smallest absolute Gasteiger partial charge is 0.195 e. The number of ether oxygens (including phenoxy) is 2. The molecule has 0 atom stereocenters. The van der Waals surface area contributed by atoms with Gasteiger partial charge in [-0.1, -0.05) is 12.1 Å². The van der Waals surface area contributed by atoms with Gasteiger partial charge in [-0.25, -0.2) is 4.39 Å². The van der Waals surface area contributed by atoms with Crippen molar-refractivity contribution >= 4 is 17.3 Å². The van der Waals surface area contributed by atoms with E-state index in [2.05, 4.69) is 15.6 Å². The maximum atomic E-state index is 13.8. The number of nitrogens with zero attached hydrogens (tertiary/aromatic N) is 2. The van der Waals surface area contributed by atoms with Crippen LogP contribution in [0.4, 0.5) is 15.8 Å². The summed E-state index contributed by atoms with van der Waals surface area (Å²) in [5, 5.41) is 6.47. The van der Waals surface area contributed by atoms with Gasteiger partial charge in [0, 0.05) is 38.9 Å². The van der Waals surface area contributed by atoms with Crippen molar-refractivity contribution in [3.63, 3.8) is 0 Å². The Morgan fingerprint density at radius 1 is 1.11 bits per heavy atom. The monoisotopic (exact) mass is 374 g/mol. The zero-order valence-corrected chi connectivity index (χ0v) is 16.3. The van der Waals surface area contributed by atoms with Crippen LogP contribution in [0, 0.1) is 5.82 Å². The van der Waals surface area contributed by atoms with Crippen LogP contribution in [0.2, 0.25) is 0 Å². The number of hydrogen-bond donors (Lipinski definition) is 2. The summed E-state index contributed by atoms with van der Waals surface area (Å²) in [7, 11) is 6.79. The third kappa shape index (κ3) is 5.77. The molecule has 27 heavy (non-hydrogen) atoms. The SMILES string of the molecule is CN=C(NCCCN(C)c1ccccc1F)Nc1ccc(OC)c(OC)c1. The molecule has 6 nitrogen and oxygen atoms in total. The van der Waals surface area contributed by atoms with Gasteiger partial charge in [0.2, 0.25) is 0 Å². The minimum absolute atomic E-state index is 0.209. The molecule has 0 amide bonds. The standard InChI is InChI=1S/C20H27FN4O2/c1-22-20(24-15-10-11-18(26-3)19(14-15)27-4)23-12-7-13-25(2)17-9-6-5-8-16(17)21/h5-6,8-11,14H,7,12-13H2,1-4H3,(H2,22,23,24). The van der Waals surface area contributed by atoms with Crippen molar-refractivity contribution in [1.82, 2.24) is 5.32 Å². The van der Waals surface area contributed by atoms with Crippen molar-refractivity contribution in [2.24, 2.45) is 4.99 Å². The average molecular weight is 374 g/mol. The van der Waals surface area contributed by atoms with Gasteiger partial charge in [-0.2, -0.15) is 0 Å². The number of rotatable bonds is 8. The quantitative estimate of drug-likeness (QED) is 0.422. The molecule has 7 heteroatoms. The van der Waals surface area contributed by atoms with E-state index in [1.54, 1.807) is 33.4 Å². The van der Waals surface area contributed by atoms with Crippen molar-refractivity contribution in [2.75, 3.05) is 51.6 Å². The lowest BCUT2D eigenvalue weighted by atomic mass is 10.2. The lowest BCUT2D eigenvalue weighted by molar-refractivity contribution is 0.355. The molecule has 0 saturated heterocycles. The molecular weight excluding hydrogens is 347 g/mol. The Kier molecular flexibility index (Phi) is 7.73. The number of nitrogens with one attached hydrogen (secondary N) is 2. The number of anilines is 2. The van der Waals surface area contributed by atoms with Crippen LogP contribution in [0.3, 0.4) is 0 Å². The zero-order valence-electron chi connectivity index (χ0n) is 16.3. The first-order chi connectivity index (χ1) is 13.1. The minimum Gasteiger partial charge on any atom is -0.493 e. The highest BCUT2D eigenvalue weighted by molar-refractivity contribution is 5.93. The minimum atomic E-state index is -0.209. The second kappa shape index (κ2) is 10.3. The molecule has 0 aliphatic rings. The summed E-state index contributed by atoms with van der Waals surface area (Å²) < 4.78 is 24.3. The Morgan fingerprint density at radius 2 is 1.85 bits per heavy atom. The highest BCUT2D eigenvalue weighted by atomic mass is 19.1. The fraction of sp³-hybridized carbons (Fsp3) is 0.350. The van der Waals surface area contributed by atoms with Gasteiger partial charge in [0.05, 0.1) is 19.9 Å². The summed E-state index contributed by atoms with van der Waals surface area (Å²) in [5.41, 5.74) is 1.44. The van der Waals surface area contributed by atoms with Crippen molar-refractivity contribution in [3.05, 3.63) is 48.3 Å². The topological polar surface area (TPSA) is 58.1 Å². The number of halogens is 1. The van der Waals surface area contributed by atoms with Crippen LogP contribution in [0.15, 0.2) is 47.5 Å². The number of para-hydroxylation sites is 1. The highest BCUT2D eigenvalue weighted by Gasteiger charge is 2.08. The van der Waals surface area contributed by atoms with Crippen LogP contribution < -0.4 is 25.0 Å². The molecule has 2 aromatic carbocycles. The van der Waals surface area contributed by atoms with Gasteiger partial charge in [0.1, 0.15) is 5.82 Å². The highest BCUT2D eigenvalue weighted by Crippen LogP contribution is 2.29. The number of methoxy groups -OCH3 is 2. The van der Waals surface area contributed by atoms with E-state index < -0.39 is 0 Å². The predicted octanol–water partition coefficient (Wildman–Crippen LogP) is 3.36. The lowest BCUT2D eigenvalue weighted by Gasteiger charge is -2.20. The summed E-state index contributed by atoms with van der Waals surface area (Å²) in [5.74, 6) is 1.75. The van der Waals surface area contributed by atoms with Crippen molar-refractivity contribution < 1.29 is 13.9 Å². The fourth-order valence-electron chi connectivity index (χ4n) is 2.63. The van der Waals surface area contributed by atoms with Gasteiger partial charge in [-0.05, 0) is 30.7 Å². The maximum Gasteiger partial charge on any atom is 0.195 e. The first-order valence-electron chi connectivity index (χ1n) is 8.74. The zero-order chi connectivity index (χ0) is 19.6. The number of guanidine groups is 1. The van der Waals surface area contributed by atoms with Crippen LogP contribution in [0.5, 0.6) is 11.5 Å². The van der Waals surface area contributed by atoms with E-state index in [1.165, 1.54) is 6.07 Å². The molecule has 2 aromatic rings. The molecule has 0 radical (unpaired) electrons. The first-order valence-corrected chi connectivity index (χ1v) is 8.74. The summed E-state index contributed by atoms with van der Waals surface area (Å²) in [6.45, 7) is 1.42. The Hall–Kier alpha value is -2.96. The number of aliphatic imine (C=N–C) groups is 1. The predicted molar refractivity (Wildman–Crippen MR) is 109 cm³/mol. The van der Waals surface area contributed by atoms with E-state index in [9.17, 15) is 4.39 Å². The molecule has 0 aromatic heterocycles. The van der Waals surface area contributed by atoms with Gasteiger partial charge in [0.25, 0.3) is 0 Å². The molecule has 0 fully saturated rings. The lowest BCUT2D eigenvalue weighted by Crippen LogP contribution is -2.33. The van der Waals surface area contributed by atoms with E-state index in [1.807, 2.05) is 36.2 Å². The molecule has 0 aliphatic heterocycles. The molecule has 0 unspecified atom stereocenters. The van der Waals surface area contributed by atoms with E-state index in [0.29, 0.717) is 29.7 Å². The van der Waals surface area contributed by atoms with Crippen LogP contribution in [-0.4, -0.2) is 47.4 Å². The molecule has 146 valence electrons. The summed E-state index contributed by atoms with van der Waals surface area (Å²) >= 11 is 0. The maximum absolute atomic E-state index is 13.8. The average Bonchev–Trinajstić information content (AvgIpc) is 2.70.